The first-order chi connectivity index (χ1) is 10.0. The Balaban J connectivity index is 2.30. The topological polar surface area (TPSA) is 79.1 Å². The molecule has 0 saturated heterocycles. The zero-order chi connectivity index (χ0) is 15.4. The van der Waals surface area contributed by atoms with Gasteiger partial charge in [-0.25, -0.2) is 4.79 Å². The van der Waals surface area contributed by atoms with Gasteiger partial charge >= 0.3 is 5.97 Å². The van der Waals surface area contributed by atoms with Crippen LogP contribution < -0.4 is 0 Å². The number of ether oxygens (including phenoxy) is 1. The second-order valence-electron chi connectivity index (χ2n) is 4.74. The van der Waals surface area contributed by atoms with Crippen LogP contribution in [0.15, 0.2) is 46.4 Å². The van der Waals surface area contributed by atoms with E-state index >= 15 is 0 Å². The van der Waals surface area contributed by atoms with E-state index in [4.69, 9.17) is 9.84 Å². The minimum absolute atomic E-state index is 0.0829. The van der Waals surface area contributed by atoms with Crippen molar-refractivity contribution < 1.29 is 19.7 Å². The number of carbonyl (C=O) groups is 1. The van der Waals surface area contributed by atoms with Crippen molar-refractivity contribution in [2.24, 2.45) is 4.99 Å². The molecule has 0 fully saturated rings. The highest BCUT2D eigenvalue weighted by Gasteiger charge is 2.14. The van der Waals surface area contributed by atoms with Crippen LogP contribution >= 0.6 is 0 Å². The molecule has 0 amide bonds. The van der Waals surface area contributed by atoms with Crippen LogP contribution in [0.1, 0.15) is 28.8 Å². The van der Waals surface area contributed by atoms with E-state index in [2.05, 4.69) is 4.99 Å². The van der Waals surface area contributed by atoms with Crippen molar-refractivity contribution in [1.29, 1.82) is 0 Å². The average molecular weight is 287 g/mol. The lowest BCUT2D eigenvalue weighted by atomic mass is 10.0. The van der Waals surface area contributed by atoms with Crippen molar-refractivity contribution in [2.75, 3.05) is 7.11 Å². The van der Waals surface area contributed by atoms with Crippen LogP contribution in [0.2, 0.25) is 0 Å². The zero-order valence-electron chi connectivity index (χ0n) is 12.0. The normalized spacial score (nSPS) is 15.2. The number of aromatic carboxylic acids is 1. The van der Waals surface area contributed by atoms with E-state index in [-0.39, 0.29) is 11.3 Å². The monoisotopic (exact) mass is 287 g/mol. The van der Waals surface area contributed by atoms with Crippen molar-refractivity contribution in [3.8, 4) is 0 Å². The zero-order valence-corrected chi connectivity index (χ0v) is 12.0. The summed E-state index contributed by atoms with van der Waals surface area (Å²) in [6, 6.07) is 4.76. The number of hydrogen-bond acceptors (Lipinski definition) is 4. The molecule has 0 saturated carbocycles. The highest BCUT2D eigenvalue weighted by molar-refractivity contribution is 5.90. The molecule has 0 radical (unpaired) electrons. The van der Waals surface area contributed by atoms with Crippen molar-refractivity contribution in [1.82, 2.24) is 0 Å². The Morgan fingerprint density at radius 1 is 1.43 bits per heavy atom. The number of carboxylic acids is 1. The SMILES string of the molecule is COC1=C(O)C(C=Nc2cc(C(=O)O)ccc2C)=CCC1. The van der Waals surface area contributed by atoms with E-state index in [0.717, 1.165) is 12.0 Å². The quantitative estimate of drug-likeness (QED) is 0.830. The Kier molecular flexibility index (Phi) is 4.42. The van der Waals surface area contributed by atoms with Gasteiger partial charge in [-0.1, -0.05) is 12.1 Å². The fourth-order valence-electron chi connectivity index (χ4n) is 2.07. The number of aryl methyl sites for hydroxylation is 1. The van der Waals surface area contributed by atoms with E-state index < -0.39 is 5.97 Å². The van der Waals surface area contributed by atoms with E-state index in [1.807, 2.05) is 13.0 Å². The number of aliphatic hydroxyl groups excluding tert-OH is 1. The van der Waals surface area contributed by atoms with E-state index in [1.54, 1.807) is 6.07 Å². The molecule has 21 heavy (non-hydrogen) atoms. The van der Waals surface area contributed by atoms with Crippen LogP contribution in [0.5, 0.6) is 0 Å². The third-order valence-electron chi connectivity index (χ3n) is 3.32. The van der Waals surface area contributed by atoms with Gasteiger partial charge in [-0.2, -0.15) is 0 Å². The van der Waals surface area contributed by atoms with Gasteiger partial charge in [-0.3, -0.25) is 4.99 Å². The van der Waals surface area contributed by atoms with Crippen LogP contribution in [0.3, 0.4) is 0 Å². The number of allylic oxidation sites excluding steroid dienone is 3. The average Bonchev–Trinajstić information content (AvgIpc) is 2.47. The maximum absolute atomic E-state index is 11.0. The second kappa shape index (κ2) is 6.26. The van der Waals surface area contributed by atoms with Gasteiger partial charge in [0.15, 0.2) is 5.76 Å². The molecule has 110 valence electrons. The summed E-state index contributed by atoms with van der Waals surface area (Å²) >= 11 is 0. The molecule has 0 aliphatic heterocycles. The predicted molar refractivity (Wildman–Crippen MR) is 80.3 cm³/mol. The highest BCUT2D eigenvalue weighted by Crippen LogP contribution is 2.25. The molecule has 0 heterocycles. The Hall–Kier alpha value is -2.56. The molecule has 1 aromatic rings. The van der Waals surface area contributed by atoms with Crippen molar-refractivity contribution >= 4 is 17.9 Å². The van der Waals surface area contributed by atoms with Gasteiger partial charge in [0.1, 0.15) is 5.76 Å². The standard InChI is InChI=1S/C16H17NO4/c1-10-6-7-11(16(19)20)8-13(10)17-9-12-4-3-5-14(21-2)15(12)18/h4,6-9,18H,3,5H2,1-2H3,(H,19,20). The molecule has 5 heteroatoms. The minimum atomic E-state index is -0.993. The Morgan fingerprint density at radius 2 is 2.19 bits per heavy atom. The summed E-state index contributed by atoms with van der Waals surface area (Å²) in [6.07, 6.45) is 4.83. The summed E-state index contributed by atoms with van der Waals surface area (Å²) in [5.41, 5.74) is 2.19. The summed E-state index contributed by atoms with van der Waals surface area (Å²) in [4.78, 5) is 15.3. The Bertz CT molecular complexity index is 656. The third-order valence-corrected chi connectivity index (χ3v) is 3.32. The summed E-state index contributed by atoms with van der Waals surface area (Å²) in [5, 5.41) is 19.0. The number of hydrogen-bond donors (Lipinski definition) is 2. The van der Waals surface area contributed by atoms with Gasteiger partial charge in [0.2, 0.25) is 0 Å². The van der Waals surface area contributed by atoms with Crippen LogP contribution in [-0.2, 0) is 4.74 Å². The number of carboxylic acid groups (broad SMARTS) is 1. The molecule has 0 atom stereocenters. The molecule has 5 nitrogen and oxygen atoms in total. The summed E-state index contributed by atoms with van der Waals surface area (Å²) in [5.74, 6) is -0.373. The number of benzene rings is 1. The Labute approximate surface area is 122 Å². The van der Waals surface area contributed by atoms with Crippen LogP contribution in [0, 0.1) is 6.92 Å². The molecule has 0 unspecified atom stereocenters. The van der Waals surface area contributed by atoms with Gasteiger partial charge in [0.25, 0.3) is 0 Å². The van der Waals surface area contributed by atoms with Crippen LogP contribution in [0.4, 0.5) is 5.69 Å². The highest BCUT2D eigenvalue weighted by atomic mass is 16.5. The Morgan fingerprint density at radius 3 is 2.86 bits per heavy atom. The van der Waals surface area contributed by atoms with Gasteiger partial charge in [0.05, 0.1) is 18.4 Å². The number of rotatable bonds is 4. The molecular formula is C16H17NO4. The van der Waals surface area contributed by atoms with Crippen LogP contribution in [0.25, 0.3) is 0 Å². The molecule has 1 aliphatic carbocycles. The van der Waals surface area contributed by atoms with Gasteiger partial charge in [-0.15, -0.1) is 0 Å². The lowest BCUT2D eigenvalue weighted by Crippen LogP contribution is -2.03. The first-order valence-corrected chi connectivity index (χ1v) is 6.57. The van der Waals surface area contributed by atoms with Crippen molar-refractivity contribution in [3.05, 3.63) is 52.5 Å². The number of aliphatic imine (C=N–C) groups is 1. The fourth-order valence-corrected chi connectivity index (χ4v) is 2.07. The minimum Gasteiger partial charge on any atom is -0.504 e. The smallest absolute Gasteiger partial charge is 0.335 e. The lowest BCUT2D eigenvalue weighted by Gasteiger charge is -2.14. The molecule has 0 aromatic heterocycles. The maximum atomic E-state index is 11.0. The summed E-state index contributed by atoms with van der Waals surface area (Å²) in [7, 11) is 1.52. The van der Waals surface area contributed by atoms with Crippen LogP contribution in [-0.4, -0.2) is 29.5 Å². The second-order valence-corrected chi connectivity index (χ2v) is 4.74. The summed E-state index contributed by atoms with van der Waals surface area (Å²) in [6.45, 7) is 1.85. The number of nitrogens with zero attached hydrogens (tertiary/aromatic N) is 1. The predicted octanol–water partition coefficient (Wildman–Crippen LogP) is 3.53. The molecular weight excluding hydrogens is 270 g/mol. The van der Waals surface area contributed by atoms with Gasteiger partial charge in [0, 0.05) is 18.2 Å². The third kappa shape index (κ3) is 3.31. The molecule has 1 aliphatic rings. The van der Waals surface area contributed by atoms with E-state index in [9.17, 15) is 9.90 Å². The van der Waals surface area contributed by atoms with E-state index in [0.29, 0.717) is 23.4 Å². The molecule has 1 aromatic carbocycles. The van der Waals surface area contributed by atoms with Gasteiger partial charge in [-0.05, 0) is 31.0 Å². The lowest BCUT2D eigenvalue weighted by molar-refractivity contribution is 0.0697. The first kappa shape index (κ1) is 14.8. The molecule has 2 rings (SSSR count). The van der Waals surface area contributed by atoms with Gasteiger partial charge < -0.3 is 14.9 Å². The van der Waals surface area contributed by atoms with Crippen molar-refractivity contribution in [3.63, 3.8) is 0 Å². The maximum Gasteiger partial charge on any atom is 0.335 e. The fraction of sp³-hybridized carbons (Fsp3) is 0.250. The van der Waals surface area contributed by atoms with E-state index in [1.165, 1.54) is 25.5 Å². The number of methoxy groups -OCH3 is 1. The molecule has 2 N–H and O–H groups in total. The molecule has 0 bridgehead atoms. The largest absolute Gasteiger partial charge is 0.504 e. The van der Waals surface area contributed by atoms with Crippen molar-refractivity contribution in [2.45, 2.75) is 19.8 Å². The molecule has 0 spiro atoms. The summed E-state index contributed by atoms with van der Waals surface area (Å²) < 4.78 is 5.11. The first-order valence-electron chi connectivity index (χ1n) is 6.57. The number of aliphatic hydroxyl groups is 1.